The molecule has 1 saturated heterocycles. The van der Waals surface area contributed by atoms with E-state index in [0.717, 1.165) is 37.3 Å². The summed E-state index contributed by atoms with van der Waals surface area (Å²) >= 11 is 0. The Morgan fingerprint density at radius 2 is 2.14 bits per heavy atom. The number of aryl methyl sites for hydroxylation is 2. The van der Waals surface area contributed by atoms with Crippen molar-refractivity contribution in [2.45, 2.75) is 32.9 Å². The van der Waals surface area contributed by atoms with E-state index in [0.29, 0.717) is 6.04 Å². The summed E-state index contributed by atoms with van der Waals surface area (Å²) in [5.74, 6) is 0. The zero-order chi connectivity index (χ0) is 15.1. The van der Waals surface area contributed by atoms with Crippen LogP contribution in [0.25, 0.3) is 5.52 Å². The molecule has 0 aliphatic carbocycles. The van der Waals surface area contributed by atoms with Crippen molar-refractivity contribution < 1.29 is 0 Å². The fourth-order valence-electron chi connectivity index (χ4n) is 3.53. The minimum atomic E-state index is 0.491. The lowest BCUT2D eigenvalue weighted by Crippen LogP contribution is -2.23. The van der Waals surface area contributed by atoms with E-state index < -0.39 is 0 Å². The van der Waals surface area contributed by atoms with Crippen LogP contribution in [0.4, 0.5) is 0 Å². The molecule has 0 spiro atoms. The second-order valence-electron chi connectivity index (χ2n) is 6.23. The molecule has 1 unspecified atom stereocenters. The molecule has 4 rings (SSSR count). The van der Waals surface area contributed by atoms with Crippen LogP contribution in [-0.2, 0) is 6.54 Å². The number of likely N-dealkylation sites (tertiary alicyclic amines) is 1. The fraction of sp³-hybridized carbons (Fsp3) is 0.412. The standard InChI is InChI=1S/C17H21N5/c1-13-10-14(2)21(19-13)17-7-9-20(12-17)11-16-5-3-4-15-6-8-18-22(15)16/h3-6,8,10,17H,7,9,11-12H2,1-2H3. The van der Waals surface area contributed by atoms with Gasteiger partial charge in [0.1, 0.15) is 0 Å². The molecule has 114 valence electrons. The van der Waals surface area contributed by atoms with E-state index in [4.69, 9.17) is 0 Å². The van der Waals surface area contributed by atoms with E-state index in [-0.39, 0.29) is 0 Å². The van der Waals surface area contributed by atoms with Crippen molar-refractivity contribution in [2.75, 3.05) is 13.1 Å². The monoisotopic (exact) mass is 295 g/mol. The van der Waals surface area contributed by atoms with E-state index in [1.165, 1.54) is 11.4 Å². The van der Waals surface area contributed by atoms with Crippen LogP contribution >= 0.6 is 0 Å². The van der Waals surface area contributed by atoms with Gasteiger partial charge in [0, 0.05) is 31.5 Å². The zero-order valence-corrected chi connectivity index (χ0v) is 13.1. The van der Waals surface area contributed by atoms with Gasteiger partial charge in [-0.1, -0.05) is 6.07 Å². The molecule has 4 heterocycles. The molecule has 5 heteroatoms. The molecule has 0 radical (unpaired) electrons. The quantitative estimate of drug-likeness (QED) is 0.745. The minimum Gasteiger partial charge on any atom is -0.295 e. The van der Waals surface area contributed by atoms with Gasteiger partial charge in [0.15, 0.2) is 0 Å². The van der Waals surface area contributed by atoms with Gasteiger partial charge < -0.3 is 0 Å². The van der Waals surface area contributed by atoms with Gasteiger partial charge in [-0.15, -0.1) is 0 Å². The Morgan fingerprint density at radius 1 is 1.23 bits per heavy atom. The van der Waals surface area contributed by atoms with Crippen molar-refractivity contribution in [2.24, 2.45) is 0 Å². The number of pyridine rings is 1. The van der Waals surface area contributed by atoms with Crippen LogP contribution < -0.4 is 0 Å². The Labute approximate surface area is 130 Å². The molecule has 5 nitrogen and oxygen atoms in total. The molecule has 1 aliphatic heterocycles. The van der Waals surface area contributed by atoms with E-state index in [1.807, 2.05) is 16.8 Å². The first-order valence-corrected chi connectivity index (χ1v) is 7.87. The summed E-state index contributed by atoms with van der Waals surface area (Å²) < 4.78 is 4.24. The maximum atomic E-state index is 4.65. The van der Waals surface area contributed by atoms with Crippen molar-refractivity contribution in [3.8, 4) is 0 Å². The first kappa shape index (κ1) is 13.5. The maximum Gasteiger partial charge on any atom is 0.0665 e. The second-order valence-corrected chi connectivity index (χ2v) is 6.23. The molecule has 1 fully saturated rings. The van der Waals surface area contributed by atoms with E-state index in [2.05, 4.69) is 57.9 Å². The molecule has 0 bridgehead atoms. The van der Waals surface area contributed by atoms with Crippen molar-refractivity contribution >= 4 is 5.52 Å². The molecule has 1 aliphatic rings. The van der Waals surface area contributed by atoms with Crippen molar-refractivity contribution in [1.82, 2.24) is 24.3 Å². The van der Waals surface area contributed by atoms with Crippen LogP contribution in [0, 0.1) is 13.8 Å². The zero-order valence-electron chi connectivity index (χ0n) is 13.1. The topological polar surface area (TPSA) is 38.4 Å². The largest absolute Gasteiger partial charge is 0.295 e. The number of rotatable bonds is 3. The highest BCUT2D eigenvalue weighted by Gasteiger charge is 2.26. The Kier molecular flexibility index (Phi) is 3.22. The summed E-state index contributed by atoms with van der Waals surface area (Å²) in [5.41, 5.74) is 4.78. The first-order valence-electron chi connectivity index (χ1n) is 7.87. The normalized spacial score (nSPS) is 19.3. The molecule has 0 N–H and O–H groups in total. The van der Waals surface area contributed by atoms with Crippen molar-refractivity contribution in [3.05, 3.63) is 53.6 Å². The molecule has 1 atom stereocenters. The number of nitrogens with zero attached hydrogens (tertiary/aromatic N) is 5. The van der Waals surface area contributed by atoms with Crippen LogP contribution in [-0.4, -0.2) is 37.4 Å². The highest BCUT2D eigenvalue weighted by Crippen LogP contribution is 2.24. The Hall–Kier alpha value is -2.14. The lowest BCUT2D eigenvalue weighted by Gasteiger charge is -2.17. The highest BCUT2D eigenvalue weighted by atomic mass is 15.3. The lowest BCUT2D eigenvalue weighted by molar-refractivity contribution is 0.304. The molecule has 22 heavy (non-hydrogen) atoms. The maximum absolute atomic E-state index is 4.65. The van der Waals surface area contributed by atoms with Gasteiger partial charge in [0.25, 0.3) is 0 Å². The van der Waals surface area contributed by atoms with Crippen LogP contribution in [0.3, 0.4) is 0 Å². The third-order valence-electron chi connectivity index (χ3n) is 4.52. The molecule has 0 aromatic carbocycles. The summed E-state index contributed by atoms with van der Waals surface area (Å²) in [6, 6.07) is 11.1. The number of hydrogen-bond donors (Lipinski definition) is 0. The van der Waals surface area contributed by atoms with Crippen LogP contribution in [0.1, 0.15) is 29.5 Å². The molecule has 3 aromatic rings. The van der Waals surface area contributed by atoms with E-state index >= 15 is 0 Å². The van der Waals surface area contributed by atoms with Gasteiger partial charge in [-0.2, -0.15) is 10.2 Å². The summed E-state index contributed by atoms with van der Waals surface area (Å²) in [4.78, 5) is 2.50. The Bertz CT molecular complexity index is 800. The summed E-state index contributed by atoms with van der Waals surface area (Å²) in [6.45, 7) is 7.32. The molecule has 0 saturated carbocycles. The number of hydrogen-bond acceptors (Lipinski definition) is 3. The van der Waals surface area contributed by atoms with Crippen molar-refractivity contribution in [3.63, 3.8) is 0 Å². The van der Waals surface area contributed by atoms with Gasteiger partial charge in [-0.3, -0.25) is 9.58 Å². The van der Waals surface area contributed by atoms with Crippen LogP contribution in [0.5, 0.6) is 0 Å². The van der Waals surface area contributed by atoms with Gasteiger partial charge in [-0.25, -0.2) is 4.52 Å². The highest BCUT2D eigenvalue weighted by molar-refractivity contribution is 5.46. The fourth-order valence-corrected chi connectivity index (χ4v) is 3.53. The SMILES string of the molecule is Cc1cc(C)n(C2CCN(Cc3cccc4ccnn34)C2)n1. The molecule has 0 amide bonds. The lowest BCUT2D eigenvalue weighted by atomic mass is 10.2. The molecular formula is C17H21N5. The average molecular weight is 295 g/mol. The summed E-state index contributed by atoms with van der Waals surface area (Å²) in [5, 5.41) is 9.08. The van der Waals surface area contributed by atoms with Crippen molar-refractivity contribution in [1.29, 1.82) is 0 Å². The first-order chi connectivity index (χ1) is 10.7. The van der Waals surface area contributed by atoms with Gasteiger partial charge in [0.05, 0.1) is 22.9 Å². The Balaban J connectivity index is 1.51. The van der Waals surface area contributed by atoms with Crippen LogP contribution in [0.2, 0.25) is 0 Å². The van der Waals surface area contributed by atoms with E-state index in [9.17, 15) is 0 Å². The van der Waals surface area contributed by atoms with Crippen LogP contribution in [0.15, 0.2) is 36.5 Å². The van der Waals surface area contributed by atoms with Gasteiger partial charge >= 0.3 is 0 Å². The summed E-state index contributed by atoms with van der Waals surface area (Å²) in [7, 11) is 0. The third-order valence-corrected chi connectivity index (χ3v) is 4.52. The number of fused-ring (bicyclic) bond motifs is 1. The second kappa shape index (κ2) is 5.25. The molecular weight excluding hydrogens is 274 g/mol. The predicted octanol–water partition coefficient (Wildman–Crippen LogP) is 2.59. The smallest absolute Gasteiger partial charge is 0.0665 e. The Morgan fingerprint density at radius 3 is 2.95 bits per heavy atom. The van der Waals surface area contributed by atoms with Gasteiger partial charge in [-0.05, 0) is 44.5 Å². The minimum absolute atomic E-state index is 0.491. The third kappa shape index (κ3) is 2.31. The number of aromatic nitrogens is 4. The van der Waals surface area contributed by atoms with E-state index in [1.54, 1.807) is 0 Å². The molecule has 3 aromatic heterocycles. The average Bonchev–Trinajstić information content (AvgIpc) is 3.19. The van der Waals surface area contributed by atoms with Gasteiger partial charge in [0.2, 0.25) is 0 Å². The predicted molar refractivity (Wildman–Crippen MR) is 85.8 cm³/mol. The summed E-state index contributed by atoms with van der Waals surface area (Å²) in [6.07, 6.45) is 3.03.